The molecule has 1 aliphatic rings. The topological polar surface area (TPSA) is 41.0 Å². The molecule has 1 atom stereocenters. The van der Waals surface area contributed by atoms with Crippen LogP contribution in [-0.4, -0.2) is 36.4 Å². The monoisotopic (exact) mass is 214 g/mol. The van der Waals surface area contributed by atoms with Crippen LogP contribution in [0.5, 0.6) is 0 Å². The number of aromatic nitrogens is 2. The average molecular weight is 215 g/mol. The van der Waals surface area contributed by atoms with Crippen LogP contribution >= 0.6 is 12.4 Å². The molecule has 1 aliphatic heterocycles. The van der Waals surface area contributed by atoms with Gasteiger partial charge in [-0.3, -0.25) is 0 Å². The first-order chi connectivity index (χ1) is 6.40. The van der Waals surface area contributed by atoms with Crippen LogP contribution in [-0.2, 0) is 0 Å². The maximum atomic E-state index is 4.08. The van der Waals surface area contributed by atoms with E-state index in [1.165, 1.54) is 6.42 Å². The van der Waals surface area contributed by atoms with Crippen LogP contribution in [0.3, 0.4) is 0 Å². The maximum Gasteiger partial charge on any atom is 0.151 e. The third-order valence-corrected chi connectivity index (χ3v) is 2.48. The Bertz CT molecular complexity index is 267. The van der Waals surface area contributed by atoms with Gasteiger partial charge in [0, 0.05) is 25.3 Å². The van der Waals surface area contributed by atoms with Crippen molar-refractivity contribution in [3.05, 3.63) is 18.3 Å². The number of halogens is 1. The van der Waals surface area contributed by atoms with Gasteiger partial charge in [-0.1, -0.05) is 0 Å². The zero-order valence-electron chi connectivity index (χ0n) is 8.18. The van der Waals surface area contributed by atoms with Gasteiger partial charge in [0.15, 0.2) is 5.82 Å². The van der Waals surface area contributed by atoms with E-state index in [1.807, 2.05) is 19.2 Å². The Labute approximate surface area is 90.1 Å². The lowest BCUT2D eigenvalue weighted by molar-refractivity contribution is 0.616. The van der Waals surface area contributed by atoms with Gasteiger partial charge in [-0.05, 0) is 25.6 Å². The zero-order valence-corrected chi connectivity index (χ0v) is 9.00. The van der Waals surface area contributed by atoms with Gasteiger partial charge in [-0.25, -0.2) is 0 Å². The van der Waals surface area contributed by atoms with Crippen molar-refractivity contribution >= 4 is 18.2 Å². The molecule has 78 valence electrons. The Morgan fingerprint density at radius 1 is 1.57 bits per heavy atom. The summed E-state index contributed by atoms with van der Waals surface area (Å²) in [5, 5.41) is 11.2. The predicted molar refractivity (Wildman–Crippen MR) is 59.0 cm³/mol. The van der Waals surface area contributed by atoms with Crippen molar-refractivity contribution in [2.24, 2.45) is 0 Å². The van der Waals surface area contributed by atoms with E-state index in [0.717, 1.165) is 18.9 Å². The van der Waals surface area contributed by atoms with Crippen molar-refractivity contribution in [2.45, 2.75) is 12.5 Å². The first kappa shape index (κ1) is 11.2. The zero-order chi connectivity index (χ0) is 9.10. The molecular formula is C9H15ClN4. The standard InChI is InChI=1S/C9H14N4.ClH/c1-10-8-4-6-13(7-8)9-3-2-5-11-12-9;/h2-3,5,8,10H,4,6-7H2,1H3;1H/t8-;/m1./s1. The van der Waals surface area contributed by atoms with E-state index in [4.69, 9.17) is 0 Å². The van der Waals surface area contributed by atoms with Crippen molar-refractivity contribution in [1.29, 1.82) is 0 Å². The van der Waals surface area contributed by atoms with Crippen LogP contribution in [0.2, 0.25) is 0 Å². The molecule has 0 spiro atoms. The summed E-state index contributed by atoms with van der Waals surface area (Å²) in [6.07, 6.45) is 2.89. The number of rotatable bonds is 2. The lowest BCUT2D eigenvalue weighted by atomic mass is 10.3. The molecule has 0 saturated carbocycles. The molecule has 0 amide bonds. The Kier molecular flexibility index (Phi) is 4.10. The van der Waals surface area contributed by atoms with E-state index in [2.05, 4.69) is 20.4 Å². The summed E-state index contributed by atoms with van der Waals surface area (Å²) in [5.74, 6) is 0.986. The summed E-state index contributed by atoms with van der Waals surface area (Å²) >= 11 is 0. The van der Waals surface area contributed by atoms with E-state index in [1.54, 1.807) is 6.20 Å². The highest BCUT2D eigenvalue weighted by Gasteiger charge is 2.21. The SMILES string of the molecule is CN[C@@H]1CCN(c2cccnn2)C1.Cl. The fourth-order valence-electron chi connectivity index (χ4n) is 1.67. The van der Waals surface area contributed by atoms with Crippen LogP contribution in [0, 0.1) is 0 Å². The molecule has 4 nitrogen and oxygen atoms in total. The smallest absolute Gasteiger partial charge is 0.151 e. The van der Waals surface area contributed by atoms with E-state index < -0.39 is 0 Å². The van der Waals surface area contributed by atoms with Crippen molar-refractivity contribution in [3.8, 4) is 0 Å². The molecule has 1 saturated heterocycles. The second-order valence-corrected chi connectivity index (χ2v) is 3.30. The minimum atomic E-state index is 0. The summed E-state index contributed by atoms with van der Waals surface area (Å²) in [7, 11) is 2.00. The Balaban J connectivity index is 0.000000980. The first-order valence-corrected chi connectivity index (χ1v) is 4.60. The van der Waals surface area contributed by atoms with E-state index >= 15 is 0 Å². The van der Waals surface area contributed by atoms with Gasteiger partial charge < -0.3 is 10.2 Å². The molecule has 0 bridgehead atoms. The number of hydrogen-bond acceptors (Lipinski definition) is 4. The van der Waals surface area contributed by atoms with Gasteiger partial charge >= 0.3 is 0 Å². The highest BCUT2D eigenvalue weighted by atomic mass is 35.5. The second kappa shape index (κ2) is 5.12. The van der Waals surface area contributed by atoms with Gasteiger partial charge in [-0.15, -0.1) is 17.5 Å². The molecule has 0 radical (unpaired) electrons. The molecule has 0 aromatic carbocycles. The van der Waals surface area contributed by atoms with E-state index in [0.29, 0.717) is 6.04 Å². The van der Waals surface area contributed by atoms with Crippen LogP contribution in [0.15, 0.2) is 18.3 Å². The largest absolute Gasteiger partial charge is 0.354 e. The lowest BCUT2D eigenvalue weighted by Gasteiger charge is -2.15. The molecule has 14 heavy (non-hydrogen) atoms. The first-order valence-electron chi connectivity index (χ1n) is 4.60. The Hall–Kier alpha value is -0.870. The molecule has 0 unspecified atom stereocenters. The summed E-state index contributed by atoms with van der Waals surface area (Å²) in [4.78, 5) is 2.26. The molecule has 5 heteroatoms. The van der Waals surface area contributed by atoms with Gasteiger partial charge in [0.2, 0.25) is 0 Å². The Morgan fingerprint density at radius 3 is 3.00 bits per heavy atom. The van der Waals surface area contributed by atoms with Gasteiger partial charge in [0.1, 0.15) is 0 Å². The molecule has 1 aromatic rings. The summed E-state index contributed by atoms with van der Waals surface area (Å²) in [6, 6.07) is 4.53. The summed E-state index contributed by atoms with van der Waals surface area (Å²) < 4.78 is 0. The lowest BCUT2D eigenvalue weighted by Crippen LogP contribution is -2.29. The summed E-state index contributed by atoms with van der Waals surface area (Å²) in [5.41, 5.74) is 0. The van der Waals surface area contributed by atoms with Gasteiger partial charge in [0.05, 0.1) is 0 Å². The number of hydrogen-bond donors (Lipinski definition) is 1. The average Bonchev–Trinajstić information content (AvgIpc) is 2.67. The third-order valence-electron chi connectivity index (χ3n) is 2.48. The molecular weight excluding hydrogens is 200 g/mol. The van der Waals surface area contributed by atoms with Crippen molar-refractivity contribution in [3.63, 3.8) is 0 Å². The molecule has 2 heterocycles. The number of anilines is 1. The molecule has 2 rings (SSSR count). The van der Waals surface area contributed by atoms with Crippen LogP contribution < -0.4 is 10.2 Å². The van der Waals surface area contributed by atoms with Crippen molar-refractivity contribution < 1.29 is 0 Å². The molecule has 1 fully saturated rings. The second-order valence-electron chi connectivity index (χ2n) is 3.30. The normalized spacial score (nSPS) is 20.6. The highest BCUT2D eigenvalue weighted by Crippen LogP contribution is 2.15. The van der Waals surface area contributed by atoms with Crippen LogP contribution in [0.25, 0.3) is 0 Å². The molecule has 0 aliphatic carbocycles. The van der Waals surface area contributed by atoms with Gasteiger partial charge in [0.25, 0.3) is 0 Å². The fraction of sp³-hybridized carbons (Fsp3) is 0.556. The minimum absolute atomic E-state index is 0. The van der Waals surface area contributed by atoms with Crippen LogP contribution in [0.4, 0.5) is 5.82 Å². The van der Waals surface area contributed by atoms with E-state index in [9.17, 15) is 0 Å². The third kappa shape index (κ3) is 2.33. The number of nitrogens with one attached hydrogen (secondary N) is 1. The van der Waals surface area contributed by atoms with E-state index in [-0.39, 0.29) is 12.4 Å². The number of likely N-dealkylation sites (N-methyl/N-ethyl adjacent to an activating group) is 1. The summed E-state index contributed by atoms with van der Waals surface area (Å²) in [6.45, 7) is 2.11. The maximum absolute atomic E-state index is 4.08. The Morgan fingerprint density at radius 2 is 2.43 bits per heavy atom. The van der Waals surface area contributed by atoms with Crippen molar-refractivity contribution in [1.82, 2.24) is 15.5 Å². The van der Waals surface area contributed by atoms with Crippen LogP contribution in [0.1, 0.15) is 6.42 Å². The van der Waals surface area contributed by atoms with Crippen molar-refractivity contribution in [2.75, 3.05) is 25.0 Å². The number of nitrogens with zero attached hydrogens (tertiary/aromatic N) is 3. The predicted octanol–water partition coefficient (Wildman–Crippen LogP) is 0.696. The molecule has 1 aromatic heterocycles. The van der Waals surface area contributed by atoms with Gasteiger partial charge in [-0.2, -0.15) is 5.10 Å². The quantitative estimate of drug-likeness (QED) is 0.787. The highest BCUT2D eigenvalue weighted by molar-refractivity contribution is 5.85. The fourth-order valence-corrected chi connectivity index (χ4v) is 1.67. The molecule has 1 N–H and O–H groups in total. The minimum Gasteiger partial charge on any atom is -0.354 e.